The van der Waals surface area contributed by atoms with E-state index in [0.717, 1.165) is 19.5 Å². The zero-order chi connectivity index (χ0) is 14.8. The molecule has 1 unspecified atom stereocenters. The summed E-state index contributed by atoms with van der Waals surface area (Å²) in [5.41, 5.74) is 6.00. The number of amides is 1. The fourth-order valence-electron chi connectivity index (χ4n) is 2.75. The van der Waals surface area contributed by atoms with Crippen molar-refractivity contribution in [2.24, 2.45) is 11.7 Å². The molecule has 1 atom stereocenters. The van der Waals surface area contributed by atoms with Crippen molar-refractivity contribution in [2.75, 3.05) is 40.4 Å². The smallest absolute Gasteiger partial charge is 0.236 e. The van der Waals surface area contributed by atoms with Gasteiger partial charge in [-0.1, -0.05) is 32.1 Å². The zero-order valence-corrected chi connectivity index (χ0v) is 14.3. The molecule has 0 aromatic rings. The number of hydrogen-bond donors (Lipinski definition) is 2. The van der Waals surface area contributed by atoms with Crippen molar-refractivity contribution >= 4 is 18.3 Å². The monoisotopic (exact) mass is 321 g/mol. The first-order valence-corrected chi connectivity index (χ1v) is 7.84. The average molecular weight is 322 g/mol. The highest BCUT2D eigenvalue weighted by Gasteiger charge is 2.20. The van der Waals surface area contributed by atoms with E-state index in [0.29, 0.717) is 19.1 Å². The second-order valence-electron chi connectivity index (χ2n) is 5.93. The Morgan fingerprint density at radius 3 is 2.62 bits per heavy atom. The molecule has 0 heterocycles. The number of hydrogen-bond acceptors (Lipinski definition) is 4. The number of rotatable bonds is 9. The minimum Gasteiger partial charge on any atom is -0.383 e. The number of ether oxygens (including phenoxy) is 1. The zero-order valence-electron chi connectivity index (χ0n) is 13.5. The fourth-order valence-corrected chi connectivity index (χ4v) is 2.75. The maximum absolute atomic E-state index is 11.9. The summed E-state index contributed by atoms with van der Waals surface area (Å²) in [6.45, 7) is 3.06. The van der Waals surface area contributed by atoms with Gasteiger partial charge in [0.1, 0.15) is 0 Å². The van der Waals surface area contributed by atoms with Gasteiger partial charge in [-0.05, 0) is 19.4 Å². The molecule has 0 spiro atoms. The molecule has 126 valence electrons. The summed E-state index contributed by atoms with van der Waals surface area (Å²) >= 11 is 0. The van der Waals surface area contributed by atoms with E-state index in [9.17, 15) is 4.79 Å². The minimum atomic E-state index is -0.345. The van der Waals surface area contributed by atoms with Gasteiger partial charge < -0.3 is 20.7 Å². The molecule has 1 aliphatic rings. The first-order valence-electron chi connectivity index (χ1n) is 7.84. The SMILES string of the molecule is COCCN(C)CCNC(=O)C(N)CC1CCCCC1.Cl. The molecule has 1 fully saturated rings. The molecule has 1 amide bonds. The van der Waals surface area contributed by atoms with Crippen LogP contribution in [0.1, 0.15) is 38.5 Å². The summed E-state index contributed by atoms with van der Waals surface area (Å²) in [6, 6.07) is -0.345. The van der Waals surface area contributed by atoms with Crippen LogP contribution in [0.2, 0.25) is 0 Å². The summed E-state index contributed by atoms with van der Waals surface area (Å²) in [6.07, 6.45) is 7.24. The van der Waals surface area contributed by atoms with Crippen LogP contribution in [0.15, 0.2) is 0 Å². The maximum atomic E-state index is 11.9. The van der Waals surface area contributed by atoms with Crippen molar-refractivity contribution in [2.45, 2.75) is 44.6 Å². The lowest BCUT2D eigenvalue weighted by atomic mass is 9.85. The quantitative estimate of drug-likeness (QED) is 0.673. The van der Waals surface area contributed by atoms with E-state index < -0.39 is 0 Å². The highest BCUT2D eigenvalue weighted by molar-refractivity contribution is 5.85. The van der Waals surface area contributed by atoms with Crippen LogP contribution in [-0.2, 0) is 9.53 Å². The van der Waals surface area contributed by atoms with Gasteiger partial charge in [0.05, 0.1) is 12.6 Å². The average Bonchev–Trinajstić information content (AvgIpc) is 2.46. The molecule has 0 bridgehead atoms. The highest BCUT2D eigenvalue weighted by atomic mass is 35.5. The van der Waals surface area contributed by atoms with E-state index in [2.05, 4.69) is 10.2 Å². The van der Waals surface area contributed by atoms with Gasteiger partial charge in [-0.2, -0.15) is 0 Å². The topological polar surface area (TPSA) is 67.6 Å². The molecule has 6 heteroatoms. The number of nitrogens with one attached hydrogen (secondary N) is 1. The number of carbonyl (C=O) groups excluding carboxylic acids is 1. The minimum absolute atomic E-state index is 0. The van der Waals surface area contributed by atoms with Gasteiger partial charge in [-0.15, -0.1) is 12.4 Å². The van der Waals surface area contributed by atoms with Crippen molar-refractivity contribution in [1.29, 1.82) is 0 Å². The van der Waals surface area contributed by atoms with Crippen molar-refractivity contribution in [3.05, 3.63) is 0 Å². The molecule has 0 radical (unpaired) electrons. The normalized spacial score (nSPS) is 17.3. The van der Waals surface area contributed by atoms with Gasteiger partial charge >= 0.3 is 0 Å². The van der Waals surface area contributed by atoms with Crippen molar-refractivity contribution in [3.63, 3.8) is 0 Å². The van der Waals surface area contributed by atoms with E-state index in [-0.39, 0.29) is 24.4 Å². The third-order valence-electron chi connectivity index (χ3n) is 4.12. The van der Waals surface area contributed by atoms with Crippen LogP contribution in [0.5, 0.6) is 0 Å². The predicted octanol–water partition coefficient (Wildman–Crippen LogP) is 1.40. The van der Waals surface area contributed by atoms with Gasteiger partial charge in [0.25, 0.3) is 0 Å². The Kier molecular flexibility index (Phi) is 12.0. The van der Waals surface area contributed by atoms with Crippen LogP contribution in [0, 0.1) is 5.92 Å². The number of methoxy groups -OCH3 is 1. The first-order chi connectivity index (χ1) is 9.63. The molecule has 0 aromatic carbocycles. The summed E-state index contributed by atoms with van der Waals surface area (Å²) in [5.74, 6) is 0.643. The van der Waals surface area contributed by atoms with E-state index in [1.807, 2.05) is 7.05 Å². The van der Waals surface area contributed by atoms with Gasteiger partial charge in [-0.25, -0.2) is 0 Å². The maximum Gasteiger partial charge on any atom is 0.236 e. The lowest BCUT2D eigenvalue weighted by molar-refractivity contribution is -0.122. The predicted molar refractivity (Wildman–Crippen MR) is 88.8 cm³/mol. The molecular weight excluding hydrogens is 290 g/mol. The second-order valence-corrected chi connectivity index (χ2v) is 5.93. The van der Waals surface area contributed by atoms with Crippen LogP contribution in [0.3, 0.4) is 0 Å². The number of nitrogens with two attached hydrogens (primary N) is 1. The summed E-state index contributed by atoms with van der Waals surface area (Å²) < 4.78 is 5.01. The molecule has 0 aromatic heterocycles. The van der Waals surface area contributed by atoms with E-state index >= 15 is 0 Å². The number of likely N-dealkylation sites (N-methyl/N-ethyl adjacent to an activating group) is 1. The Labute approximate surface area is 135 Å². The third-order valence-corrected chi connectivity index (χ3v) is 4.12. The number of halogens is 1. The standard InChI is InChI=1S/C15H31N3O2.ClH/c1-18(10-11-20-2)9-8-17-15(19)14(16)12-13-6-4-3-5-7-13;/h13-14H,3-12,16H2,1-2H3,(H,17,19);1H. The summed E-state index contributed by atoms with van der Waals surface area (Å²) in [7, 11) is 3.72. The second kappa shape index (κ2) is 12.2. The molecule has 0 aliphatic heterocycles. The molecule has 21 heavy (non-hydrogen) atoms. The number of nitrogens with zero attached hydrogens (tertiary/aromatic N) is 1. The van der Waals surface area contributed by atoms with Gasteiger partial charge in [0.15, 0.2) is 0 Å². The van der Waals surface area contributed by atoms with Gasteiger partial charge in [0, 0.05) is 26.7 Å². The molecular formula is C15H32ClN3O2. The van der Waals surface area contributed by atoms with Crippen molar-refractivity contribution in [3.8, 4) is 0 Å². The Hall–Kier alpha value is -0.360. The largest absolute Gasteiger partial charge is 0.383 e. The van der Waals surface area contributed by atoms with Crippen LogP contribution >= 0.6 is 12.4 Å². The Bertz CT molecular complexity index is 274. The van der Waals surface area contributed by atoms with Gasteiger partial charge in [-0.3, -0.25) is 4.79 Å². The third kappa shape index (κ3) is 9.30. The molecule has 3 N–H and O–H groups in total. The Balaban J connectivity index is 0.00000400. The van der Waals surface area contributed by atoms with Crippen LogP contribution in [0.4, 0.5) is 0 Å². The van der Waals surface area contributed by atoms with E-state index in [1.54, 1.807) is 7.11 Å². The van der Waals surface area contributed by atoms with E-state index in [4.69, 9.17) is 10.5 Å². The van der Waals surface area contributed by atoms with Crippen LogP contribution in [-0.4, -0.2) is 57.2 Å². The summed E-state index contributed by atoms with van der Waals surface area (Å²) in [4.78, 5) is 14.1. The molecule has 1 saturated carbocycles. The Morgan fingerprint density at radius 2 is 2.00 bits per heavy atom. The van der Waals surface area contributed by atoms with Gasteiger partial charge in [0.2, 0.25) is 5.91 Å². The number of carbonyl (C=O) groups is 1. The lowest BCUT2D eigenvalue weighted by Gasteiger charge is -2.24. The van der Waals surface area contributed by atoms with E-state index in [1.165, 1.54) is 32.1 Å². The van der Waals surface area contributed by atoms with Crippen molar-refractivity contribution in [1.82, 2.24) is 10.2 Å². The Morgan fingerprint density at radius 1 is 1.33 bits per heavy atom. The highest BCUT2D eigenvalue weighted by Crippen LogP contribution is 2.26. The van der Waals surface area contributed by atoms with Crippen molar-refractivity contribution < 1.29 is 9.53 Å². The molecule has 1 aliphatic carbocycles. The van der Waals surface area contributed by atoms with Crippen LogP contribution in [0.25, 0.3) is 0 Å². The lowest BCUT2D eigenvalue weighted by Crippen LogP contribution is -2.44. The molecule has 5 nitrogen and oxygen atoms in total. The van der Waals surface area contributed by atoms with Crippen LogP contribution < -0.4 is 11.1 Å². The fraction of sp³-hybridized carbons (Fsp3) is 0.933. The first kappa shape index (κ1) is 20.6. The molecule has 0 saturated heterocycles. The molecule has 1 rings (SSSR count). The summed E-state index contributed by atoms with van der Waals surface area (Å²) in [5, 5.41) is 2.93.